The van der Waals surface area contributed by atoms with Crippen LogP contribution in [-0.2, 0) is 45.5 Å². The van der Waals surface area contributed by atoms with E-state index >= 15 is 0 Å². The lowest BCUT2D eigenvalue weighted by Crippen LogP contribution is -2.31. The summed E-state index contributed by atoms with van der Waals surface area (Å²) < 4.78 is 66.1. The van der Waals surface area contributed by atoms with Crippen molar-refractivity contribution in [2.24, 2.45) is 0 Å². The molecule has 0 amide bonds. The summed E-state index contributed by atoms with van der Waals surface area (Å²) in [4.78, 5) is 31.7. The van der Waals surface area contributed by atoms with Crippen LogP contribution in [-0.4, -0.2) is 74.1 Å². The molecule has 3 unspecified atom stereocenters. The van der Waals surface area contributed by atoms with Crippen molar-refractivity contribution in [2.45, 2.75) is 36.2 Å². The average molecular weight is 561 g/mol. The fourth-order valence-corrected chi connectivity index (χ4v) is 8.06. The lowest BCUT2D eigenvalue weighted by atomic mass is 10.1. The SMILES string of the molecule is COC1O[C@@H]2[C@H](O1)[C@@H](COP1OP(=O)(O)OP(=O)(O)O1)O[C@H]2n1cnc2c(N)nc(SC)nc21. The third-order valence-electron chi connectivity index (χ3n) is 4.79. The Morgan fingerprint density at radius 3 is 2.59 bits per heavy atom. The van der Waals surface area contributed by atoms with Crippen molar-refractivity contribution >= 4 is 53.0 Å². The van der Waals surface area contributed by atoms with Gasteiger partial charge in [-0.15, -0.1) is 0 Å². The first-order chi connectivity index (χ1) is 16.1. The minimum absolute atomic E-state index is 0.194. The number of hydrogen-bond donors (Lipinski definition) is 3. The highest BCUT2D eigenvalue weighted by Gasteiger charge is 2.55. The van der Waals surface area contributed by atoms with Gasteiger partial charge in [-0.1, -0.05) is 11.8 Å². The summed E-state index contributed by atoms with van der Waals surface area (Å²) in [5.74, 6) is 0.194. The molecule has 3 aliphatic rings. The van der Waals surface area contributed by atoms with E-state index in [1.165, 1.54) is 25.2 Å². The lowest BCUT2D eigenvalue weighted by molar-refractivity contribution is -0.256. The standard InChI is InChI=1S/C13H18N5O12P3S/c1-23-13-26-7-5(3-24-31-28-32(19,20)30-33(21,22)29-31)25-11(8(7)27-13)18-4-15-6-9(14)16-12(34-2)17-10(6)18/h4-5,7-8,11,13H,3H2,1-2H3,(H,19,20)(H,21,22)(H2,14,16,17)/t5-,7-,8-,11-,13?/m1/s1. The molecule has 0 aromatic carbocycles. The van der Waals surface area contributed by atoms with Gasteiger partial charge in [-0.3, -0.25) is 4.57 Å². The summed E-state index contributed by atoms with van der Waals surface area (Å²) in [5.41, 5.74) is 6.76. The Labute approximate surface area is 196 Å². The highest BCUT2D eigenvalue weighted by molar-refractivity contribution is 7.98. The van der Waals surface area contributed by atoms with Crippen molar-refractivity contribution in [3.8, 4) is 0 Å². The maximum Gasteiger partial charge on any atom is 0.488 e. The molecule has 0 radical (unpaired) electrons. The largest absolute Gasteiger partial charge is 0.488 e. The number of nitrogens with zero attached hydrogens (tertiary/aromatic N) is 4. The van der Waals surface area contributed by atoms with E-state index < -0.39 is 55.3 Å². The number of phosphoric acid groups is 2. The van der Waals surface area contributed by atoms with Crippen LogP contribution in [0.15, 0.2) is 11.5 Å². The molecule has 0 bridgehead atoms. The van der Waals surface area contributed by atoms with E-state index in [9.17, 15) is 18.9 Å². The number of rotatable bonds is 6. The third-order valence-corrected chi connectivity index (χ3v) is 10.1. The normalized spacial score (nSPS) is 40.1. The van der Waals surface area contributed by atoms with Gasteiger partial charge in [0.1, 0.15) is 23.8 Å². The molecular formula is C13H18N5O12P3S. The number of thioether (sulfide) groups is 1. The van der Waals surface area contributed by atoms with Gasteiger partial charge in [-0.05, 0) is 6.26 Å². The molecular weight excluding hydrogens is 543 g/mol. The predicted molar refractivity (Wildman–Crippen MR) is 112 cm³/mol. The molecule has 5 heterocycles. The van der Waals surface area contributed by atoms with Crippen LogP contribution in [0.1, 0.15) is 6.23 Å². The van der Waals surface area contributed by atoms with Crippen molar-refractivity contribution < 1.29 is 55.3 Å². The smallest absolute Gasteiger partial charge is 0.382 e. The van der Waals surface area contributed by atoms with Gasteiger partial charge in [0.25, 0.3) is 6.48 Å². The molecule has 21 heteroatoms. The lowest BCUT2D eigenvalue weighted by Gasteiger charge is -2.27. The van der Waals surface area contributed by atoms with Crippen LogP contribution in [0, 0.1) is 0 Å². The number of nitrogen functional groups attached to an aromatic ring is 1. The van der Waals surface area contributed by atoms with Gasteiger partial charge in [-0.25, -0.2) is 32.7 Å². The number of anilines is 1. The predicted octanol–water partition coefficient (Wildman–Crippen LogP) is 1.25. The Morgan fingerprint density at radius 1 is 1.21 bits per heavy atom. The number of ether oxygens (including phenoxy) is 4. The third kappa shape index (κ3) is 4.77. The van der Waals surface area contributed by atoms with Crippen molar-refractivity contribution in [1.82, 2.24) is 19.5 Å². The molecule has 17 nitrogen and oxygen atoms in total. The van der Waals surface area contributed by atoms with E-state index in [-0.39, 0.29) is 12.4 Å². The Morgan fingerprint density at radius 2 is 1.91 bits per heavy atom. The number of hydrogen-bond acceptors (Lipinski definition) is 15. The van der Waals surface area contributed by atoms with E-state index in [0.717, 1.165) is 0 Å². The van der Waals surface area contributed by atoms with Crippen LogP contribution >= 0.6 is 36.0 Å². The van der Waals surface area contributed by atoms with Gasteiger partial charge in [0.15, 0.2) is 22.8 Å². The molecule has 0 spiro atoms. The van der Waals surface area contributed by atoms with Gasteiger partial charge in [-0.2, -0.15) is 4.31 Å². The monoisotopic (exact) mass is 561 g/mol. The fraction of sp³-hybridized carbons (Fsp3) is 0.615. The van der Waals surface area contributed by atoms with Crippen LogP contribution in [0.3, 0.4) is 0 Å². The average Bonchev–Trinajstić information content (AvgIpc) is 3.43. The van der Waals surface area contributed by atoms with E-state index in [0.29, 0.717) is 16.3 Å². The van der Waals surface area contributed by atoms with E-state index in [2.05, 4.69) is 27.9 Å². The molecule has 2 aromatic rings. The van der Waals surface area contributed by atoms with Gasteiger partial charge < -0.3 is 39.0 Å². The van der Waals surface area contributed by atoms with Crippen LogP contribution < -0.4 is 5.73 Å². The highest BCUT2D eigenvalue weighted by Crippen LogP contribution is 2.76. The number of fused-ring (bicyclic) bond motifs is 2. The zero-order chi connectivity index (χ0) is 24.3. The molecule has 0 aliphatic carbocycles. The van der Waals surface area contributed by atoms with Gasteiger partial charge in [0, 0.05) is 7.11 Å². The second-order valence-electron chi connectivity index (χ2n) is 6.91. The molecule has 188 valence electrons. The maximum absolute atomic E-state index is 11.6. The first-order valence-electron chi connectivity index (χ1n) is 9.32. The fourth-order valence-electron chi connectivity index (χ4n) is 3.50. The molecule has 34 heavy (non-hydrogen) atoms. The number of imidazole rings is 1. The van der Waals surface area contributed by atoms with Crippen LogP contribution in [0.25, 0.3) is 11.2 Å². The maximum atomic E-state index is 11.6. The van der Waals surface area contributed by atoms with Crippen LogP contribution in [0.4, 0.5) is 5.82 Å². The molecule has 2 aromatic heterocycles. The zero-order valence-electron chi connectivity index (χ0n) is 17.3. The molecule has 3 saturated heterocycles. The Balaban J connectivity index is 1.39. The summed E-state index contributed by atoms with van der Waals surface area (Å²) in [5, 5.41) is 0.429. The second kappa shape index (κ2) is 9.25. The molecule has 5 rings (SSSR count). The van der Waals surface area contributed by atoms with Crippen molar-refractivity contribution in [2.75, 3.05) is 25.7 Å². The van der Waals surface area contributed by atoms with Crippen molar-refractivity contribution in [1.29, 1.82) is 0 Å². The Hall–Kier alpha value is -0.810. The Kier molecular flexibility index (Phi) is 6.76. The van der Waals surface area contributed by atoms with E-state index in [1.54, 1.807) is 10.8 Å². The van der Waals surface area contributed by atoms with Crippen molar-refractivity contribution in [3.63, 3.8) is 0 Å². The molecule has 7 atom stereocenters. The Bertz CT molecular complexity index is 1160. The summed E-state index contributed by atoms with van der Waals surface area (Å²) >= 11 is 1.30. The number of aromatic nitrogens is 4. The topological polar surface area (TPSA) is 218 Å². The minimum atomic E-state index is -4.85. The first kappa shape index (κ1) is 24.9. The van der Waals surface area contributed by atoms with Crippen LogP contribution in [0.2, 0.25) is 0 Å². The minimum Gasteiger partial charge on any atom is -0.382 e. The summed E-state index contributed by atoms with van der Waals surface area (Å²) in [6, 6.07) is 0. The molecule has 3 aliphatic heterocycles. The zero-order valence-corrected chi connectivity index (χ0v) is 20.8. The molecule has 3 fully saturated rings. The molecule has 4 N–H and O–H groups in total. The first-order valence-corrected chi connectivity index (χ1v) is 14.6. The van der Waals surface area contributed by atoms with Gasteiger partial charge >= 0.3 is 24.2 Å². The highest BCUT2D eigenvalue weighted by atomic mass is 32.2. The van der Waals surface area contributed by atoms with Crippen molar-refractivity contribution in [3.05, 3.63) is 6.33 Å². The van der Waals surface area contributed by atoms with Gasteiger partial charge in [0.05, 0.1) is 12.9 Å². The van der Waals surface area contributed by atoms with Gasteiger partial charge in [0.2, 0.25) is 0 Å². The quantitative estimate of drug-likeness (QED) is 0.257. The molecule has 0 saturated carbocycles. The van der Waals surface area contributed by atoms with Crippen LogP contribution in [0.5, 0.6) is 0 Å². The summed E-state index contributed by atoms with van der Waals surface area (Å²) in [6.45, 7) is -1.33. The number of methoxy groups -OCH3 is 1. The van der Waals surface area contributed by atoms with E-state index in [1.807, 2.05) is 0 Å². The van der Waals surface area contributed by atoms with E-state index in [4.69, 9.17) is 29.2 Å². The second-order valence-corrected chi connectivity index (χ2v) is 12.2. The number of nitrogens with two attached hydrogens (primary N) is 1. The summed E-state index contributed by atoms with van der Waals surface area (Å²) in [6.07, 6.45) is 0.164. The summed E-state index contributed by atoms with van der Waals surface area (Å²) in [7, 11) is -11.0.